The van der Waals surface area contributed by atoms with Gasteiger partial charge in [-0.25, -0.2) is 9.97 Å². The fraction of sp³-hybridized carbons (Fsp3) is 0.227. The molecule has 0 unspecified atom stereocenters. The van der Waals surface area contributed by atoms with Gasteiger partial charge in [0.2, 0.25) is 0 Å². The Balaban J connectivity index is 1.47. The van der Waals surface area contributed by atoms with Crippen molar-refractivity contribution in [2.24, 2.45) is 0 Å². The minimum atomic E-state index is -0.286. The van der Waals surface area contributed by atoms with E-state index < -0.39 is 0 Å². The third-order valence-corrected chi connectivity index (χ3v) is 4.57. The Morgan fingerprint density at radius 1 is 1.19 bits per heavy atom. The number of carbonyl (C=O) groups excluding carboxylic acids is 1. The Morgan fingerprint density at radius 3 is 2.87 bits per heavy atom. The van der Waals surface area contributed by atoms with Crippen LogP contribution >= 0.6 is 0 Å². The van der Waals surface area contributed by atoms with Crippen molar-refractivity contribution in [1.29, 1.82) is 0 Å². The maximum absolute atomic E-state index is 12.6. The summed E-state index contributed by atoms with van der Waals surface area (Å²) in [6.45, 7) is 4.78. The van der Waals surface area contributed by atoms with Gasteiger partial charge in [0, 0.05) is 36.5 Å². The van der Waals surface area contributed by atoms with Gasteiger partial charge in [0.1, 0.15) is 23.6 Å². The van der Waals surface area contributed by atoms with E-state index in [0.717, 1.165) is 16.9 Å². The molecule has 0 spiro atoms. The molecule has 1 aromatic carbocycles. The molecule has 0 aliphatic carbocycles. The van der Waals surface area contributed by atoms with Gasteiger partial charge in [-0.3, -0.25) is 9.36 Å². The number of rotatable bonds is 8. The molecule has 9 heteroatoms. The van der Waals surface area contributed by atoms with Crippen LogP contribution in [0.3, 0.4) is 0 Å². The Hall–Kier alpha value is -4.01. The summed E-state index contributed by atoms with van der Waals surface area (Å²) in [7, 11) is 0. The molecule has 4 rings (SSSR count). The lowest BCUT2D eigenvalue weighted by molar-refractivity contribution is 0.0946. The molecular formula is C22H22N6O3. The van der Waals surface area contributed by atoms with E-state index in [1.807, 2.05) is 38.1 Å². The number of carbonyl (C=O) groups is 1. The number of amides is 1. The van der Waals surface area contributed by atoms with Gasteiger partial charge in [0.15, 0.2) is 5.82 Å². The summed E-state index contributed by atoms with van der Waals surface area (Å²) in [4.78, 5) is 25.5. The second kappa shape index (κ2) is 9.21. The van der Waals surface area contributed by atoms with Crippen LogP contribution in [0.4, 0.5) is 0 Å². The molecule has 0 saturated heterocycles. The zero-order valence-electron chi connectivity index (χ0n) is 17.3. The minimum Gasteiger partial charge on any atom is -0.494 e. The second-order valence-corrected chi connectivity index (χ2v) is 6.66. The lowest BCUT2D eigenvalue weighted by atomic mass is 10.2. The molecule has 0 radical (unpaired) electrons. The predicted molar refractivity (Wildman–Crippen MR) is 113 cm³/mol. The van der Waals surface area contributed by atoms with Gasteiger partial charge < -0.3 is 14.6 Å². The standard InChI is InChI=1S/C22H22N6O3/c1-3-19-26-22(31-27-19)15-9-10-23-20(11-15)28-13-17(25-14-28)21(29)24-12-16-7-5-6-8-18(16)30-4-2/h5-11,13-14H,3-4,12H2,1-2H3,(H,24,29). The van der Waals surface area contributed by atoms with E-state index in [1.165, 1.54) is 0 Å². The van der Waals surface area contributed by atoms with Crippen molar-refractivity contribution < 1.29 is 14.1 Å². The number of nitrogens with zero attached hydrogens (tertiary/aromatic N) is 5. The SMILES string of the molecule is CCOc1ccccc1CNC(=O)c1cn(-c2cc(-c3nc(CC)no3)ccn2)cn1. The highest BCUT2D eigenvalue weighted by Gasteiger charge is 2.13. The van der Waals surface area contributed by atoms with Crippen LogP contribution < -0.4 is 10.1 Å². The van der Waals surface area contributed by atoms with Crippen LogP contribution in [0.25, 0.3) is 17.3 Å². The van der Waals surface area contributed by atoms with Crippen LogP contribution in [-0.2, 0) is 13.0 Å². The van der Waals surface area contributed by atoms with Crippen molar-refractivity contribution in [1.82, 2.24) is 30.0 Å². The number of pyridine rings is 1. The molecule has 0 fully saturated rings. The van der Waals surface area contributed by atoms with E-state index >= 15 is 0 Å². The fourth-order valence-electron chi connectivity index (χ4n) is 2.99. The van der Waals surface area contributed by atoms with Gasteiger partial charge in [-0.2, -0.15) is 4.98 Å². The summed E-state index contributed by atoms with van der Waals surface area (Å²) in [6.07, 6.45) is 5.50. The molecule has 1 N–H and O–H groups in total. The molecule has 3 heterocycles. The third kappa shape index (κ3) is 4.61. The van der Waals surface area contributed by atoms with Crippen LogP contribution in [0.2, 0.25) is 0 Å². The average Bonchev–Trinajstić information content (AvgIpc) is 3.49. The molecule has 0 aliphatic heterocycles. The number of aryl methyl sites for hydroxylation is 1. The number of imidazole rings is 1. The van der Waals surface area contributed by atoms with E-state index in [1.54, 1.807) is 35.4 Å². The van der Waals surface area contributed by atoms with E-state index in [9.17, 15) is 4.79 Å². The van der Waals surface area contributed by atoms with Crippen molar-refractivity contribution in [3.63, 3.8) is 0 Å². The number of hydrogen-bond acceptors (Lipinski definition) is 7. The van der Waals surface area contributed by atoms with E-state index in [-0.39, 0.29) is 11.6 Å². The molecule has 4 aromatic rings. The third-order valence-electron chi connectivity index (χ3n) is 4.57. The van der Waals surface area contributed by atoms with Crippen molar-refractivity contribution in [2.75, 3.05) is 6.61 Å². The Kier molecular flexibility index (Phi) is 6.02. The Morgan fingerprint density at radius 2 is 2.06 bits per heavy atom. The Labute approximate surface area is 179 Å². The monoisotopic (exact) mass is 418 g/mol. The predicted octanol–water partition coefficient (Wildman–Crippen LogP) is 3.21. The zero-order chi connectivity index (χ0) is 21.6. The largest absolute Gasteiger partial charge is 0.494 e. The van der Waals surface area contributed by atoms with Crippen molar-refractivity contribution in [3.05, 3.63) is 72.2 Å². The zero-order valence-corrected chi connectivity index (χ0v) is 17.3. The first-order valence-corrected chi connectivity index (χ1v) is 10.00. The van der Waals surface area contributed by atoms with E-state index in [2.05, 4.69) is 25.4 Å². The molecule has 0 atom stereocenters. The maximum Gasteiger partial charge on any atom is 0.271 e. The lowest BCUT2D eigenvalue weighted by Crippen LogP contribution is -2.23. The van der Waals surface area contributed by atoms with Gasteiger partial charge in [-0.05, 0) is 25.1 Å². The highest BCUT2D eigenvalue weighted by molar-refractivity contribution is 5.92. The van der Waals surface area contributed by atoms with Gasteiger partial charge in [-0.1, -0.05) is 30.3 Å². The molecule has 31 heavy (non-hydrogen) atoms. The molecule has 0 saturated carbocycles. The maximum atomic E-state index is 12.6. The number of nitrogens with one attached hydrogen (secondary N) is 1. The van der Waals surface area contributed by atoms with E-state index in [4.69, 9.17) is 9.26 Å². The molecule has 9 nitrogen and oxygen atoms in total. The van der Waals surface area contributed by atoms with Crippen LogP contribution in [0, 0.1) is 0 Å². The molecule has 3 aromatic heterocycles. The topological polar surface area (TPSA) is 108 Å². The first-order chi connectivity index (χ1) is 15.2. The number of ether oxygens (including phenoxy) is 1. The average molecular weight is 418 g/mol. The summed E-state index contributed by atoms with van der Waals surface area (Å²) in [5.74, 6) is 2.11. The van der Waals surface area contributed by atoms with E-state index in [0.29, 0.717) is 37.1 Å². The Bertz CT molecular complexity index is 1180. The number of hydrogen-bond donors (Lipinski definition) is 1. The summed E-state index contributed by atoms with van der Waals surface area (Å²) >= 11 is 0. The fourth-order valence-corrected chi connectivity index (χ4v) is 2.99. The molecule has 158 valence electrons. The minimum absolute atomic E-state index is 0.284. The van der Waals surface area contributed by atoms with Gasteiger partial charge >= 0.3 is 0 Å². The highest BCUT2D eigenvalue weighted by atomic mass is 16.5. The molecule has 1 amide bonds. The van der Waals surface area contributed by atoms with Crippen molar-refractivity contribution in [2.45, 2.75) is 26.8 Å². The molecule has 0 aliphatic rings. The van der Waals surface area contributed by atoms with Gasteiger partial charge in [0.05, 0.1) is 6.61 Å². The molecule has 0 bridgehead atoms. The van der Waals surface area contributed by atoms with Crippen LogP contribution in [0.5, 0.6) is 5.75 Å². The van der Waals surface area contributed by atoms with Crippen LogP contribution in [0.15, 0.2) is 59.6 Å². The van der Waals surface area contributed by atoms with Gasteiger partial charge in [-0.15, -0.1) is 0 Å². The number of benzene rings is 1. The van der Waals surface area contributed by atoms with Gasteiger partial charge in [0.25, 0.3) is 11.8 Å². The summed E-state index contributed by atoms with van der Waals surface area (Å²) in [5, 5.41) is 6.79. The highest BCUT2D eigenvalue weighted by Crippen LogP contribution is 2.20. The normalized spacial score (nSPS) is 10.8. The number of para-hydroxylation sites is 1. The summed E-state index contributed by atoms with van der Waals surface area (Å²) in [5.41, 5.74) is 1.93. The second-order valence-electron chi connectivity index (χ2n) is 6.66. The summed E-state index contributed by atoms with van der Waals surface area (Å²) in [6, 6.07) is 11.2. The van der Waals surface area contributed by atoms with Crippen LogP contribution in [-0.4, -0.2) is 37.2 Å². The molecular weight excluding hydrogens is 396 g/mol. The lowest BCUT2D eigenvalue weighted by Gasteiger charge is -2.10. The summed E-state index contributed by atoms with van der Waals surface area (Å²) < 4.78 is 12.6. The number of aromatic nitrogens is 5. The first-order valence-electron chi connectivity index (χ1n) is 10.00. The van der Waals surface area contributed by atoms with Crippen molar-refractivity contribution >= 4 is 5.91 Å². The quantitative estimate of drug-likeness (QED) is 0.468. The van der Waals surface area contributed by atoms with Crippen molar-refractivity contribution in [3.8, 4) is 23.0 Å². The smallest absolute Gasteiger partial charge is 0.271 e. The van der Waals surface area contributed by atoms with Crippen LogP contribution in [0.1, 0.15) is 35.7 Å². The first kappa shape index (κ1) is 20.3.